The monoisotopic (exact) mass is 268 g/mol. The average molecular weight is 268 g/mol. The quantitative estimate of drug-likeness (QED) is 0.847. The molecule has 3 unspecified atom stereocenters. The first-order valence-corrected chi connectivity index (χ1v) is 8.56. The minimum Gasteiger partial charge on any atom is -0.345 e. The van der Waals surface area contributed by atoms with E-state index in [2.05, 4.69) is 18.8 Å². The third-order valence-electron chi connectivity index (χ3n) is 4.22. The van der Waals surface area contributed by atoms with E-state index in [0.29, 0.717) is 17.6 Å². The van der Waals surface area contributed by atoms with Crippen molar-refractivity contribution in [3.05, 3.63) is 17.2 Å². The van der Waals surface area contributed by atoms with Gasteiger partial charge in [-0.15, -0.1) is 0 Å². The Labute approximate surface area is 108 Å². The number of rotatable bonds is 1. The molecular weight excluding hydrogens is 248 g/mol. The van der Waals surface area contributed by atoms with E-state index in [-0.39, 0.29) is 11.7 Å². The van der Waals surface area contributed by atoms with Crippen LogP contribution in [0.5, 0.6) is 0 Å². The van der Waals surface area contributed by atoms with Gasteiger partial charge in [0.15, 0.2) is 9.84 Å². The first-order chi connectivity index (χ1) is 8.44. The summed E-state index contributed by atoms with van der Waals surface area (Å²) in [6, 6.07) is 0. The standard InChI is InChI=1S/C13H20N2O2S/c1-8-5-9(2)12-11(6-8)14-13(15-12)10-3-4-18(16,17)7-10/h8-10H,3-7H2,1-2H3,(H,14,15). The fourth-order valence-corrected chi connectivity index (χ4v) is 5.11. The highest BCUT2D eigenvalue weighted by Crippen LogP contribution is 2.35. The molecule has 1 aromatic rings. The van der Waals surface area contributed by atoms with Gasteiger partial charge in [-0.05, 0) is 25.2 Å². The zero-order valence-corrected chi connectivity index (χ0v) is 11.8. The highest BCUT2D eigenvalue weighted by Gasteiger charge is 2.33. The van der Waals surface area contributed by atoms with E-state index in [1.165, 1.54) is 17.8 Å². The predicted octanol–water partition coefficient (Wildman–Crippen LogP) is 2.00. The molecule has 4 nitrogen and oxygen atoms in total. The highest BCUT2D eigenvalue weighted by molar-refractivity contribution is 7.91. The van der Waals surface area contributed by atoms with Gasteiger partial charge in [-0.2, -0.15) is 0 Å². The third-order valence-corrected chi connectivity index (χ3v) is 5.99. The number of imidazole rings is 1. The molecule has 5 heteroatoms. The molecule has 0 bridgehead atoms. The molecule has 0 saturated carbocycles. The van der Waals surface area contributed by atoms with Crippen LogP contribution in [0.25, 0.3) is 0 Å². The van der Waals surface area contributed by atoms with Crippen molar-refractivity contribution in [1.29, 1.82) is 0 Å². The summed E-state index contributed by atoms with van der Waals surface area (Å²) >= 11 is 0. The van der Waals surface area contributed by atoms with Crippen LogP contribution in [0.3, 0.4) is 0 Å². The van der Waals surface area contributed by atoms with E-state index < -0.39 is 9.84 Å². The summed E-state index contributed by atoms with van der Waals surface area (Å²) in [6.07, 6.45) is 2.95. The minimum atomic E-state index is -2.83. The van der Waals surface area contributed by atoms with Crippen molar-refractivity contribution in [2.45, 2.75) is 44.9 Å². The normalized spacial score (nSPS) is 34.4. The van der Waals surface area contributed by atoms with Gasteiger partial charge in [0.1, 0.15) is 5.82 Å². The molecule has 2 heterocycles. The fraction of sp³-hybridized carbons (Fsp3) is 0.769. The summed E-state index contributed by atoms with van der Waals surface area (Å²) < 4.78 is 23.1. The summed E-state index contributed by atoms with van der Waals surface area (Å²) in [5.41, 5.74) is 2.41. The molecule has 0 aromatic carbocycles. The molecule has 0 spiro atoms. The second-order valence-electron chi connectivity index (χ2n) is 6.03. The molecule has 0 amide bonds. The van der Waals surface area contributed by atoms with Gasteiger partial charge >= 0.3 is 0 Å². The van der Waals surface area contributed by atoms with E-state index in [1.54, 1.807) is 0 Å². The Balaban J connectivity index is 1.90. The largest absolute Gasteiger partial charge is 0.345 e. The van der Waals surface area contributed by atoms with Gasteiger partial charge < -0.3 is 4.98 Å². The summed E-state index contributed by atoms with van der Waals surface area (Å²) in [6.45, 7) is 4.48. The SMILES string of the molecule is CC1Cc2[nH]c(C3CCS(=O)(=O)C3)nc2C(C)C1. The summed E-state index contributed by atoms with van der Waals surface area (Å²) in [7, 11) is -2.83. The zero-order valence-electron chi connectivity index (χ0n) is 10.9. The maximum Gasteiger partial charge on any atom is 0.151 e. The molecule has 1 aliphatic carbocycles. The zero-order chi connectivity index (χ0) is 12.9. The van der Waals surface area contributed by atoms with Crippen LogP contribution in [0.4, 0.5) is 0 Å². The lowest BCUT2D eigenvalue weighted by Crippen LogP contribution is -2.14. The molecule has 18 heavy (non-hydrogen) atoms. The Morgan fingerprint density at radius 1 is 1.33 bits per heavy atom. The van der Waals surface area contributed by atoms with Crippen LogP contribution in [-0.4, -0.2) is 29.9 Å². The van der Waals surface area contributed by atoms with Crippen molar-refractivity contribution in [2.24, 2.45) is 5.92 Å². The highest BCUT2D eigenvalue weighted by atomic mass is 32.2. The minimum absolute atomic E-state index is 0.0862. The van der Waals surface area contributed by atoms with Gasteiger partial charge in [0.25, 0.3) is 0 Å². The molecule has 0 radical (unpaired) electrons. The van der Waals surface area contributed by atoms with Crippen LogP contribution in [-0.2, 0) is 16.3 Å². The lowest BCUT2D eigenvalue weighted by Gasteiger charge is -2.22. The summed E-state index contributed by atoms with van der Waals surface area (Å²) in [5.74, 6) is 2.75. The Kier molecular flexibility index (Phi) is 2.77. The van der Waals surface area contributed by atoms with Crippen LogP contribution in [0.2, 0.25) is 0 Å². The van der Waals surface area contributed by atoms with E-state index in [0.717, 1.165) is 18.7 Å². The third kappa shape index (κ3) is 2.09. The fourth-order valence-electron chi connectivity index (χ4n) is 3.36. The summed E-state index contributed by atoms with van der Waals surface area (Å²) in [5, 5.41) is 0. The number of hydrogen-bond acceptors (Lipinski definition) is 3. The average Bonchev–Trinajstić information content (AvgIpc) is 2.81. The predicted molar refractivity (Wildman–Crippen MR) is 70.5 cm³/mol. The lowest BCUT2D eigenvalue weighted by molar-refractivity contribution is 0.440. The number of hydrogen-bond donors (Lipinski definition) is 1. The second-order valence-corrected chi connectivity index (χ2v) is 8.26. The van der Waals surface area contributed by atoms with Gasteiger partial charge in [0.2, 0.25) is 0 Å². The van der Waals surface area contributed by atoms with Crippen molar-refractivity contribution in [3.63, 3.8) is 0 Å². The molecule has 1 aromatic heterocycles. The first kappa shape index (κ1) is 12.2. The molecule has 3 atom stereocenters. The topological polar surface area (TPSA) is 62.8 Å². The van der Waals surface area contributed by atoms with Crippen LogP contribution in [0, 0.1) is 5.92 Å². The molecule has 2 aliphatic rings. The number of nitrogens with one attached hydrogen (secondary N) is 1. The van der Waals surface area contributed by atoms with E-state index in [1.807, 2.05) is 0 Å². The Morgan fingerprint density at radius 2 is 2.11 bits per heavy atom. The molecule has 1 saturated heterocycles. The van der Waals surface area contributed by atoms with Crippen LogP contribution in [0.15, 0.2) is 0 Å². The molecule has 1 N–H and O–H groups in total. The Bertz CT molecular complexity index is 562. The number of aromatic amines is 1. The number of fused-ring (bicyclic) bond motifs is 1. The number of sulfone groups is 1. The van der Waals surface area contributed by atoms with Crippen molar-refractivity contribution in [3.8, 4) is 0 Å². The van der Waals surface area contributed by atoms with Crippen molar-refractivity contribution >= 4 is 9.84 Å². The van der Waals surface area contributed by atoms with Gasteiger partial charge in [-0.1, -0.05) is 13.8 Å². The van der Waals surface area contributed by atoms with Crippen molar-refractivity contribution in [1.82, 2.24) is 9.97 Å². The van der Waals surface area contributed by atoms with Gasteiger partial charge in [-0.25, -0.2) is 13.4 Å². The number of aromatic nitrogens is 2. The van der Waals surface area contributed by atoms with E-state index >= 15 is 0 Å². The van der Waals surface area contributed by atoms with Crippen LogP contribution >= 0.6 is 0 Å². The van der Waals surface area contributed by atoms with Gasteiger partial charge in [0.05, 0.1) is 17.2 Å². The molecule has 3 rings (SSSR count). The Morgan fingerprint density at radius 3 is 2.78 bits per heavy atom. The molecule has 1 fully saturated rings. The van der Waals surface area contributed by atoms with Gasteiger partial charge in [-0.3, -0.25) is 0 Å². The number of nitrogens with zero attached hydrogens (tertiary/aromatic N) is 1. The van der Waals surface area contributed by atoms with Crippen molar-refractivity contribution in [2.75, 3.05) is 11.5 Å². The maximum atomic E-state index is 11.5. The van der Waals surface area contributed by atoms with E-state index in [4.69, 9.17) is 4.98 Å². The first-order valence-electron chi connectivity index (χ1n) is 6.73. The van der Waals surface area contributed by atoms with Gasteiger partial charge in [0, 0.05) is 17.5 Å². The smallest absolute Gasteiger partial charge is 0.151 e. The van der Waals surface area contributed by atoms with Crippen LogP contribution < -0.4 is 0 Å². The maximum absolute atomic E-state index is 11.5. The Hall–Kier alpha value is -0.840. The summed E-state index contributed by atoms with van der Waals surface area (Å²) in [4.78, 5) is 8.09. The second kappa shape index (κ2) is 4.08. The molecular formula is C13H20N2O2S. The molecule has 1 aliphatic heterocycles. The number of H-pyrrole nitrogens is 1. The lowest BCUT2D eigenvalue weighted by atomic mass is 9.84. The van der Waals surface area contributed by atoms with Crippen LogP contribution in [0.1, 0.15) is 55.7 Å². The molecule has 100 valence electrons. The van der Waals surface area contributed by atoms with E-state index in [9.17, 15) is 8.42 Å². The van der Waals surface area contributed by atoms with Crippen molar-refractivity contribution < 1.29 is 8.42 Å².